The Balaban J connectivity index is 1.97. The molecular weight excluding hydrogens is 284 g/mol. The van der Waals surface area contributed by atoms with Gasteiger partial charge in [-0.1, -0.05) is 43.2 Å². The van der Waals surface area contributed by atoms with Crippen LogP contribution >= 0.6 is 0 Å². The monoisotopic (exact) mass is 306 g/mol. The summed E-state index contributed by atoms with van der Waals surface area (Å²) in [6.07, 6.45) is 1.17. The van der Waals surface area contributed by atoms with E-state index >= 15 is 0 Å². The lowest BCUT2D eigenvalue weighted by molar-refractivity contribution is -0.149. The maximum atomic E-state index is 12.1. The Bertz CT molecular complexity index is 526. The molecule has 2 rings (SSSR count). The fourth-order valence-corrected chi connectivity index (χ4v) is 2.87. The smallest absolute Gasteiger partial charge is 0.329 e. The molecule has 2 atom stereocenters. The van der Waals surface area contributed by atoms with Crippen LogP contribution in [-0.4, -0.2) is 39.8 Å². The lowest BCUT2D eigenvalue weighted by Crippen LogP contribution is -2.58. The van der Waals surface area contributed by atoms with Crippen LogP contribution in [0.25, 0.3) is 0 Å². The Morgan fingerprint density at radius 1 is 1.23 bits per heavy atom. The van der Waals surface area contributed by atoms with E-state index in [1.54, 1.807) is 0 Å². The molecule has 1 aliphatic carbocycles. The molecule has 0 unspecified atom stereocenters. The molecule has 0 spiro atoms. The summed E-state index contributed by atoms with van der Waals surface area (Å²) in [6.45, 7) is 0. The van der Waals surface area contributed by atoms with Gasteiger partial charge in [-0.25, -0.2) is 4.79 Å². The summed E-state index contributed by atoms with van der Waals surface area (Å²) >= 11 is 0. The number of carbonyl (C=O) groups is 2. The zero-order valence-corrected chi connectivity index (χ0v) is 12.4. The van der Waals surface area contributed by atoms with Crippen LogP contribution < -0.4 is 11.1 Å². The molecule has 5 N–H and O–H groups in total. The van der Waals surface area contributed by atoms with Crippen LogP contribution in [0.15, 0.2) is 30.3 Å². The second-order valence-corrected chi connectivity index (χ2v) is 5.88. The summed E-state index contributed by atoms with van der Waals surface area (Å²) in [5.41, 5.74) is 5.54. The molecule has 22 heavy (non-hydrogen) atoms. The quantitative estimate of drug-likeness (QED) is 0.609. The zero-order valence-electron chi connectivity index (χ0n) is 12.4. The topological polar surface area (TPSA) is 113 Å². The SMILES string of the molecule is N[C@H](Cc1ccccc1)[C@H](O)C(=O)NC1(C(=O)O)CCCC1. The van der Waals surface area contributed by atoms with Gasteiger partial charge in [0.05, 0.1) is 0 Å². The Kier molecular flexibility index (Phi) is 5.15. The van der Waals surface area contributed by atoms with Crippen LogP contribution in [0.2, 0.25) is 0 Å². The van der Waals surface area contributed by atoms with Crippen molar-refractivity contribution in [2.75, 3.05) is 0 Å². The second kappa shape index (κ2) is 6.89. The van der Waals surface area contributed by atoms with Gasteiger partial charge in [0.15, 0.2) is 0 Å². The van der Waals surface area contributed by atoms with Crippen LogP contribution in [-0.2, 0) is 16.0 Å². The molecule has 6 heteroatoms. The first-order chi connectivity index (χ1) is 10.4. The van der Waals surface area contributed by atoms with Crippen molar-refractivity contribution in [3.05, 3.63) is 35.9 Å². The van der Waals surface area contributed by atoms with Crippen molar-refractivity contribution in [3.8, 4) is 0 Å². The third-order valence-corrected chi connectivity index (χ3v) is 4.22. The molecule has 120 valence electrons. The molecule has 1 aliphatic rings. The summed E-state index contributed by atoms with van der Waals surface area (Å²) < 4.78 is 0. The third kappa shape index (κ3) is 3.64. The number of hydrogen-bond acceptors (Lipinski definition) is 4. The normalized spacial score (nSPS) is 19.4. The predicted octanol–water partition coefficient (Wildman–Crippen LogP) is 0.431. The van der Waals surface area contributed by atoms with Crippen LogP contribution in [0.4, 0.5) is 0 Å². The first-order valence-corrected chi connectivity index (χ1v) is 7.47. The molecule has 0 radical (unpaired) electrons. The number of benzene rings is 1. The van der Waals surface area contributed by atoms with E-state index in [0.29, 0.717) is 19.3 Å². The highest BCUT2D eigenvalue weighted by Gasteiger charge is 2.43. The molecule has 1 amide bonds. The van der Waals surface area contributed by atoms with E-state index in [9.17, 15) is 19.8 Å². The average molecular weight is 306 g/mol. The van der Waals surface area contributed by atoms with Gasteiger partial charge < -0.3 is 21.3 Å². The minimum Gasteiger partial charge on any atom is -0.480 e. The number of aliphatic hydroxyl groups is 1. The third-order valence-electron chi connectivity index (χ3n) is 4.22. The molecular formula is C16H22N2O4. The highest BCUT2D eigenvalue weighted by atomic mass is 16.4. The van der Waals surface area contributed by atoms with Crippen molar-refractivity contribution in [3.63, 3.8) is 0 Å². The molecule has 0 aromatic heterocycles. The van der Waals surface area contributed by atoms with E-state index in [1.165, 1.54) is 0 Å². The zero-order chi connectivity index (χ0) is 16.2. The largest absolute Gasteiger partial charge is 0.480 e. The van der Waals surface area contributed by atoms with E-state index in [0.717, 1.165) is 18.4 Å². The standard InChI is InChI=1S/C16H22N2O4/c17-12(10-11-6-2-1-3-7-11)13(19)14(20)18-16(15(21)22)8-4-5-9-16/h1-3,6-7,12-13,19H,4-5,8-10,17H2,(H,18,20)(H,21,22)/t12-,13+/m1/s1. The number of hydrogen-bond donors (Lipinski definition) is 4. The number of carboxylic acids is 1. The highest BCUT2D eigenvalue weighted by Crippen LogP contribution is 2.30. The van der Waals surface area contributed by atoms with Gasteiger partial charge in [0, 0.05) is 6.04 Å². The van der Waals surface area contributed by atoms with Gasteiger partial charge in [-0.3, -0.25) is 4.79 Å². The molecule has 0 saturated heterocycles. The molecule has 6 nitrogen and oxygen atoms in total. The van der Waals surface area contributed by atoms with Gasteiger partial charge >= 0.3 is 5.97 Å². The maximum absolute atomic E-state index is 12.1. The molecule has 0 aliphatic heterocycles. The average Bonchev–Trinajstić information content (AvgIpc) is 2.97. The van der Waals surface area contributed by atoms with Crippen LogP contribution in [0.1, 0.15) is 31.2 Å². The summed E-state index contributed by atoms with van der Waals surface area (Å²) in [5.74, 6) is -1.77. The van der Waals surface area contributed by atoms with Gasteiger partial charge in [-0.2, -0.15) is 0 Å². The maximum Gasteiger partial charge on any atom is 0.329 e. The van der Waals surface area contributed by atoms with Crippen molar-refractivity contribution in [1.82, 2.24) is 5.32 Å². The fourth-order valence-electron chi connectivity index (χ4n) is 2.87. The highest BCUT2D eigenvalue weighted by molar-refractivity contribution is 5.89. The number of aliphatic carboxylic acids is 1. The van der Waals surface area contributed by atoms with Gasteiger partial charge in [-0.05, 0) is 24.8 Å². The minimum absolute atomic E-state index is 0.343. The van der Waals surface area contributed by atoms with E-state index < -0.39 is 29.6 Å². The molecule has 1 fully saturated rings. The first kappa shape index (κ1) is 16.5. The number of rotatable bonds is 6. The summed E-state index contributed by atoms with van der Waals surface area (Å²) in [4.78, 5) is 23.6. The molecule has 1 saturated carbocycles. The van der Waals surface area contributed by atoms with Crippen LogP contribution in [0, 0.1) is 0 Å². The number of aliphatic hydroxyl groups excluding tert-OH is 1. The Hall–Kier alpha value is -1.92. The lowest BCUT2D eigenvalue weighted by Gasteiger charge is -2.28. The van der Waals surface area contributed by atoms with Crippen molar-refractivity contribution in [2.45, 2.75) is 49.8 Å². The van der Waals surface area contributed by atoms with Gasteiger partial charge in [-0.15, -0.1) is 0 Å². The first-order valence-electron chi connectivity index (χ1n) is 7.47. The number of amides is 1. The summed E-state index contributed by atoms with van der Waals surface area (Å²) in [7, 11) is 0. The van der Waals surface area contributed by atoms with Crippen molar-refractivity contribution in [1.29, 1.82) is 0 Å². The van der Waals surface area contributed by atoms with Crippen molar-refractivity contribution >= 4 is 11.9 Å². The van der Waals surface area contributed by atoms with E-state index in [-0.39, 0.29) is 0 Å². The van der Waals surface area contributed by atoms with Crippen LogP contribution in [0.5, 0.6) is 0 Å². The number of carbonyl (C=O) groups excluding carboxylic acids is 1. The fraction of sp³-hybridized carbons (Fsp3) is 0.500. The van der Waals surface area contributed by atoms with Gasteiger partial charge in [0.2, 0.25) is 0 Å². The van der Waals surface area contributed by atoms with E-state index in [4.69, 9.17) is 5.73 Å². The second-order valence-electron chi connectivity index (χ2n) is 5.88. The molecule has 0 heterocycles. The summed E-state index contributed by atoms with van der Waals surface area (Å²) in [6, 6.07) is 8.52. The number of nitrogens with two attached hydrogens (primary N) is 1. The molecule has 0 bridgehead atoms. The number of nitrogens with one attached hydrogen (secondary N) is 1. The lowest BCUT2D eigenvalue weighted by atomic mass is 9.96. The predicted molar refractivity (Wildman–Crippen MR) is 81.1 cm³/mol. The Morgan fingerprint density at radius 3 is 2.36 bits per heavy atom. The van der Waals surface area contributed by atoms with Gasteiger partial charge in [0.25, 0.3) is 5.91 Å². The number of carboxylic acid groups (broad SMARTS) is 1. The Morgan fingerprint density at radius 2 is 1.82 bits per heavy atom. The van der Waals surface area contributed by atoms with Gasteiger partial charge in [0.1, 0.15) is 11.6 Å². The van der Waals surface area contributed by atoms with Crippen molar-refractivity contribution in [2.24, 2.45) is 5.73 Å². The minimum atomic E-state index is -1.43. The summed E-state index contributed by atoms with van der Waals surface area (Å²) in [5, 5.41) is 21.9. The van der Waals surface area contributed by atoms with E-state index in [1.807, 2.05) is 30.3 Å². The Labute approximate surface area is 129 Å². The molecule has 1 aromatic rings. The van der Waals surface area contributed by atoms with Crippen molar-refractivity contribution < 1.29 is 19.8 Å². The van der Waals surface area contributed by atoms with E-state index in [2.05, 4.69) is 5.32 Å². The molecule has 1 aromatic carbocycles. The van der Waals surface area contributed by atoms with Crippen LogP contribution in [0.3, 0.4) is 0 Å².